The summed E-state index contributed by atoms with van der Waals surface area (Å²) in [6, 6.07) is 5.76. The second kappa shape index (κ2) is 9.24. The standard InChI is InChI=1S/C23H34N2O7/c1-23-8-4-2-3-5-13(20(23)24)9-12-6-7-14(10-15(12)23)31-22(30)25-11-16-17(26)18(27)19(28)21(29)32-16/h6-7,10,13,16-21,26-29H,2-5,8-9,11,24H2,1H3,(H,25,30)/t13?,16-,17+,18+,19-,20+,21+,23-/m1/s1. The number of nitrogens with one attached hydrogen (secondary N) is 1. The number of carbonyl (C=O) groups excluding carboxylic acids is 1. The van der Waals surface area contributed by atoms with Gasteiger partial charge in [-0.05, 0) is 48.4 Å². The van der Waals surface area contributed by atoms with Crippen LogP contribution in [0.25, 0.3) is 0 Å². The summed E-state index contributed by atoms with van der Waals surface area (Å²) in [6.45, 7) is 2.00. The molecule has 1 aromatic rings. The van der Waals surface area contributed by atoms with Crippen LogP contribution in [0.1, 0.15) is 50.2 Å². The van der Waals surface area contributed by atoms with Gasteiger partial charge in [-0.3, -0.25) is 0 Å². The van der Waals surface area contributed by atoms with E-state index in [9.17, 15) is 25.2 Å². The molecule has 1 saturated carbocycles. The predicted octanol–water partition coefficient (Wildman–Crippen LogP) is 0.296. The van der Waals surface area contributed by atoms with Gasteiger partial charge >= 0.3 is 6.09 Å². The van der Waals surface area contributed by atoms with Gasteiger partial charge in [0.05, 0.1) is 0 Å². The van der Waals surface area contributed by atoms with Gasteiger partial charge in [0, 0.05) is 18.0 Å². The van der Waals surface area contributed by atoms with Crippen LogP contribution >= 0.6 is 0 Å². The number of carbonyl (C=O) groups is 1. The molecule has 9 heteroatoms. The van der Waals surface area contributed by atoms with Crippen molar-refractivity contribution in [1.29, 1.82) is 0 Å². The summed E-state index contributed by atoms with van der Waals surface area (Å²) in [5.41, 5.74) is 8.95. The van der Waals surface area contributed by atoms with Crippen molar-refractivity contribution < 1.29 is 34.7 Å². The molecule has 9 nitrogen and oxygen atoms in total. The van der Waals surface area contributed by atoms with Crippen LogP contribution in [-0.2, 0) is 16.6 Å². The lowest BCUT2D eigenvalue weighted by Gasteiger charge is -2.47. The molecule has 1 unspecified atom stereocenters. The van der Waals surface area contributed by atoms with Crippen LogP contribution in [0.5, 0.6) is 5.75 Å². The highest BCUT2D eigenvalue weighted by Crippen LogP contribution is 2.46. The Morgan fingerprint density at radius 2 is 1.97 bits per heavy atom. The molecule has 7 N–H and O–H groups in total. The third-order valence-corrected chi connectivity index (χ3v) is 7.54. The van der Waals surface area contributed by atoms with Crippen molar-refractivity contribution in [2.45, 2.75) is 87.6 Å². The van der Waals surface area contributed by atoms with Crippen molar-refractivity contribution in [3.63, 3.8) is 0 Å². The van der Waals surface area contributed by atoms with Crippen LogP contribution in [0.3, 0.4) is 0 Å². The topological polar surface area (TPSA) is 155 Å². The zero-order valence-corrected chi connectivity index (χ0v) is 18.3. The molecule has 2 bridgehead atoms. The van der Waals surface area contributed by atoms with E-state index in [-0.39, 0.29) is 18.0 Å². The fraction of sp³-hybridized carbons (Fsp3) is 0.696. The molecule has 178 valence electrons. The molecule has 1 aliphatic heterocycles. The minimum absolute atomic E-state index is 0.0671. The monoisotopic (exact) mass is 450 g/mol. The van der Waals surface area contributed by atoms with Gasteiger partial charge in [-0.1, -0.05) is 32.3 Å². The summed E-state index contributed by atoms with van der Waals surface area (Å²) in [5.74, 6) is 0.866. The number of amides is 1. The maximum absolute atomic E-state index is 12.3. The van der Waals surface area contributed by atoms with E-state index in [4.69, 9.17) is 15.2 Å². The second-order valence-corrected chi connectivity index (χ2v) is 9.63. The molecular formula is C23H34N2O7. The van der Waals surface area contributed by atoms with Gasteiger partial charge in [-0.15, -0.1) is 0 Å². The Hall–Kier alpha value is -1.75. The molecule has 0 aromatic heterocycles. The molecule has 0 spiro atoms. The van der Waals surface area contributed by atoms with Crippen molar-refractivity contribution in [3.8, 4) is 5.75 Å². The van der Waals surface area contributed by atoms with E-state index in [0.29, 0.717) is 11.7 Å². The van der Waals surface area contributed by atoms with Gasteiger partial charge in [0.2, 0.25) is 0 Å². The number of rotatable bonds is 3. The molecule has 1 saturated heterocycles. The maximum Gasteiger partial charge on any atom is 0.412 e. The van der Waals surface area contributed by atoms with Crippen LogP contribution in [0.15, 0.2) is 18.2 Å². The quantitative estimate of drug-likeness (QED) is 0.384. The lowest BCUT2D eigenvalue weighted by molar-refractivity contribution is -0.279. The van der Waals surface area contributed by atoms with Crippen LogP contribution in [0.4, 0.5) is 4.79 Å². The SMILES string of the molecule is C[C@@]12CCCCCC(Cc3ccc(OC(=O)NC[C@H]4O[C@H](O)[C@H](O)[C@@H](O)[C@H]4O)cc31)[C@@H]2N. The van der Waals surface area contributed by atoms with Crippen molar-refractivity contribution in [2.24, 2.45) is 11.7 Å². The Kier molecular flexibility index (Phi) is 6.76. The maximum atomic E-state index is 12.3. The van der Waals surface area contributed by atoms with Crippen molar-refractivity contribution in [1.82, 2.24) is 5.32 Å². The van der Waals surface area contributed by atoms with E-state index in [0.717, 1.165) is 31.2 Å². The number of hydrogen-bond acceptors (Lipinski definition) is 8. The highest BCUT2D eigenvalue weighted by atomic mass is 16.6. The largest absolute Gasteiger partial charge is 0.412 e. The first-order valence-corrected chi connectivity index (χ1v) is 11.4. The van der Waals surface area contributed by atoms with Crippen LogP contribution in [0.2, 0.25) is 0 Å². The summed E-state index contributed by atoms with van der Waals surface area (Å²) in [5, 5.41) is 41.4. The minimum atomic E-state index is -1.66. The summed E-state index contributed by atoms with van der Waals surface area (Å²) in [7, 11) is 0. The number of hydrogen-bond donors (Lipinski definition) is 6. The molecule has 4 rings (SSSR count). The number of fused-ring (bicyclic) bond motifs is 4. The van der Waals surface area contributed by atoms with E-state index in [1.165, 1.54) is 18.4 Å². The minimum Gasteiger partial charge on any atom is -0.410 e. The normalized spacial score (nSPS) is 39.4. The van der Waals surface area contributed by atoms with Crippen LogP contribution < -0.4 is 15.8 Å². The average molecular weight is 451 g/mol. The fourth-order valence-electron chi connectivity index (χ4n) is 5.52. The first-order valence-electron chi connectivity index (χ1n) is 11.4. The number of benzene rings is 1. The third-order valence-electron chi connectivity index (χ3n) is 7.54. The van der Waals surface area contributed by atoms with Gasteiger partial charge in [0.25, 0.3) is 0 Å². The van der Waals surface area contributed by atoms with Gasteiger partial charge in [0.1, 0.15) is 30.2 Å². The Morgan fingerprint density at radius 3 is 2.75 bits per heavy atom. The van der Waals surface area contributed by atoms with Crippen LogP contribution in [0, 0.1) is 5.92 Å². The first-order chi connectivity index (χ1) is 15.2. The highest BCUT2D eigenvalue weighted by Gasteiger charge is 2.44. The molecule has 1 heterocycles. The molecule has 1 aromatic carbocycles. The summed E-state index contributed by atoms with van der Waals surface area (Å²) >= 11 is 0. The number of nitrogens with two attached hydrogens (primary N) is 1. The van der Waals surface area contributed by atoms with Gasteiger partial charge in [0.15, 0.2) is 6.29 Å². The number of ether oxygens (including phenoxy) is 2. The van der Waals surface area contributed by atoms with Crippen molar-refractivity contribution >= 4 is 6.09 Å². The lowest BCUT2D eigenvalue weighted by atomic mass is 9.60. The second-order valence-electron chi connectivity index (χ2n) is 9.63. The average Bonchev–Trinajstić information content (AvgIpc) is 2.77. The van der Waals surface area contributed by atoms with Crippen molar-refractivity contribution in [2.75, 3.05) is 6.54 Å². The Balaban J connectivity index is 1.42. The van der Waals surface area contributed by atoms with Crippen LogP contribution in [-0.4, -0.2) is 69.8 Å². The molecule has 1 amide bonds. The van der Waals surface area contributed by atoms with Gasteiger partial charge in [-0.25, -0.2) is 4.79 Å². The zero-order valence-electron chi connectivity index (χ0n) is 18.3. The molecule has 3 aliphatic rings. The molecule has 32 heavy (non-hydrogen) atoms. The van der Waals surface area contributed by atoms with E-state index in [2.05, 4.69) is 12.2 Å². The molecule has 8 atom stereocenters. The van der Waals surface area contributed by atoms with E-state index >= 15 is 0 Å². The Bertz CT molecular complexity index is 837. The number of aliphatic hydroxyl groups is 4. The molecule has 2 fully saturated rings. The zero-order chi connectivity index (χ0) is 23.0. The molecular weight excluding hydrogens is 416 g/mol. The summed E-state index contributed by atoms with van der Waals surface area (Å²) < 4.78 is 10.5. The lowest BCUT2D eigenvalue weighted by Crippen LogP contribution is -2.60. The van der Waals surface area contributed by atoms with Gasteiger partial charge in [-0.2, -0.15) is 0 Å². The summed E-state index contributed by atoms with van der Waals surface area (Å²) in [6.07, 6.45) is -1.54. The first kappa shape index (κ1) is 23.4. The molecule has 2 aliphatic carbocycles. The van der Waals surface area contributed by atoms with E-state index < -0.39 is 36.8 Å². The van der Waals surface area contributed by atoms with Gasteiger partial charge < -0.3 is 41.0 Å². The fourth-order valence-corrected chi connectivity index (χ4v) is 5.52. The van der Waals surface area contributed by atoms with E-state index in [1.807, 2.05) is 12.1 Å². The van der Waals surface area contributed by atoms with E-state index in [1.54, 1.807) is 6.07 Å². The summed E-state index contributed by atoms with van der Waals surface area (Å²) in [4.78, 5) is 12.3. The Morgan fingerprint density at radius 1 is 1.19 bits per heavy atom. The predicted molar refractivity (Wildman–Crippen MR) is 115 cm³/mol. The highest BCUT2D eigenvalue weighted by molar-refractivity contribution is 5.70. The Labute approximate surface area is 187 Å². The third kappa shape index (κ3) is 4.37. The smallest absolute Gasteiger partial charge is 0.410 e. The van der Waals surface area contributed by atoms with Crippen molar-refractivity contribution in [3.05, 3.63) is 29.3 Å². The molecule has 0 radical (unpaired) electrons. The number of aliphatic hydroxyl groups excluding tert-OH is 4.